The van der Waals surface area contributed by atoms with Crippen molar-refractivity contribution in [2.75, 3.05) is 0 Å². The number of hydrogen-bond acceptors (Lipinski definition) is 2. The third kappa shape index (κ3) is 3.13. The first-order valence-corrected chi connectivity index (χ1v) is 9.26. The topological polar surface area (TPSA) is 34.1 Å². The molecule has 2 saturated carbocycles. The molecule has 1 spiro atoms. The molecule has 0 bridgehead atoms. The molecular formula is C21H26O2. The number of ketones is 2. The summed E-state index contributed by atoms with van der Waals surface area (Å²) in [4.78, 5) is 23.8. The van der Waals surface area contributed by atoms with Crippen LogP contribution in [0.5, 0.6) is 0 Å². The van der Waals surface area contributed by atoms with Gasteiger partial charge >= 0.3 is 0 Å². The van der Waals surface area contributed by atoms with Gasteiger partial charge in [0, 0.05) is 12.8 Å². The summed E-state index contributed by atoms with van der Waals surface area (Å²) >= 11 is 0. The van der Waals surface area contributed by atoms with Crippen molar-refractivity contribution in [1.29, 1.82) is 0 Å². The van der Waals surface area contributed by atoms with E-state index in [9.17, 15) is 9.59 Å². The molecule has 0 atom stereocenters. The van der Waals surface area contributed by atoms with Gasteiger partial charge in [-0.1, -0.05) is 50.3 Å². The molecule has 0 aromatic heterocycles. The molecule has 4 rings (SSSR count). The first kappa shape index (κ1) is 15.1. The zero-order valence-corrected chi connectivity index (χ0v) is 13.9. The first-order chi connectivity index (χ1) is 11.1. The lowest BCUT2D eigenvalue weighted by molar-refractivity contribution is -0.134. The van der Waals surface area contributed by atoms with Gasteiger partial charge in [-0.15, -0.1) is 0 Å². The second kappa shape index (κ2) is 5.89. The maximum absolute atomic E-state index is 11.9. The van der Waals surface area contributed by atoms with Crippen molar-refractivity contribution in [3.63, 3.8) is 0 Å². The van der Waals surface area contributed by atoms with E-state index in [1.807, 2.05) is 0 Å². The highest BCUT2D eigenvalue weighted by Crippen LogP contribution is 2.45. The maximum Gasteiger partial charge on any atom is 0.140 e. The van der Waals surface area contributed by atoms with E-state index in [1.165, 1.54) is 55.2 Å². The Hall–Kier alpha value is -1.44. The van der Waals surface area contributed by atoms with Crippen molar-refractivity contribution in [2.24, 2.45) is 11.3 Å². The largest absolute Gasteiger partial charge is 0.299 e. The summed E-state index contributed by atoms with van der Waals surface area (Å²) in [5, 5.41) is 0. The molecule has 122 valence electrons. The van der Waals surface area contributed by atoms with Crippen LogP contribution in [0.3, 0.4) is 0 Å². The van der Waals surface area contributed by atoms with E-state index < -0.39 is 0 Å². The molecule has 2 heteroatoms. The maximum atomic E-state index is 11.9. The fourth-order valence-corrected chi connectivity index (χ4v) is 5.23. The highest BCUT2D eigenvalue weighted by atomic mass is 16.1. The Bertz CT molecular complexity index is 621. The smallest absolute Gasteiger partial charge is 0.140 e. The van der Waals surface area contributed by atoms with E-state index in [0.29, 0.717) is 12.8 Å². The lowest BCUT2D eigenvalue weighted by atomic mass is 9.71. The van der Waals surface area contributed by atoms with Crippen LogP contribution in [0.15, 0.2) is 18.2 Å². The summed E-state index contributed by atoms with van der Waals surface area (Å²) in [5.41, 5.74) is 4.15. The van der Waals surface area contributed by atoms with Gasteiger partial charge in [0.15, 0.2) is 0 Å². The van der Waals surface area contributed by atoms with Crippen LogP contribution in [-0.2, 0) is 28.9 Å². The summed E-state index contributed by atoms with van der Waals surface area (Å²) in [6.45, 7) is 0. The van der Waals surface area contributed by atoms with Gasteiger partial charge in [0.2, 0.25) is 0 Å². The van der Waals surface area contributed by atoms with Crippen molar-refractivity contribution in [3.8, 4) is 0 Å². The molecule has 2 fully saturated rings. The fourth-order valence-electron chi connectivity index (χ4n) is 5.23. The van der Waals surface area contributed by atoms with E-state index in [4.69, 9.17) is 0 Å². The molecule has 2 nitrogen and oxygen atoms in total. The molecule has 3 aliphatic rings. The van der Waals surface area contributed by atoms with Gasteiger partial charge in [-0.25, -0.2) is 0 Å². The lowest BCUT2D eigenvalue weighted by Crippen LogP contribution is -2.34. The van der Waals surface area contributed by atoms with Crippen molar-refractivity contribution >= 4 is 11.6 Å². The quantitative estimate of drug-likeness (QED) is 0.767. The van der Waals surface area contributed by atoms with Crippen LogP contribution in [0.25, 0.3) is 0 Å². The second-order valence-corrected chi connectivity index (χ2v) is 8.27. The van der Waals surface area contributed by atoms with Crippen LogP contribution in [0, 0.1) is 11.3 Å². The highest BCUT2D eigenvalue weighted by Gasteiger charge is 2.43. The molecule has 0 radical (unpaired) electrons. The molecule has 23 heavy (non-hydrogen) atoms. The number of hydrogen-bond donors (Lipinski definition) is 0. The minimum atomic E-state index is -0.0851. The molecule has 1 aromatic carbocycles. The number of carbonyl (C=O) groups is 2. The fraction of sp³-hybridized carbons (Fsp3) is 0.619. The van der Waals surface area contributed by atoms with Gasteiger partial charge in [0.25, 0.3) is 0 Å². The third-order valence-corrected chi connectivity index (χ3v) is 6.19. The van der Waals surface area contributed by atoms with Crippen molar-refractivity contribution in [1.82, 2.24) is 0 Å². The van der Waals surface area contributed by atoms with E-state index in [-0.39, 0.29) is 23.4 Å². The van der Waals surface area contributed by atoms with Gasteiger partial charge in [0.1, 0.15) is 11.6 Å². The minimum Gasteiger partial charge on any atom is -0.299 e. The molecule has 0 N–H and O–H groups in total. The van der Waals surface area contributed by atoms with Gasteiger partial charge in [-0.05, 0) is 47.3 Å². The third-order valence-electron chi connectivity index (χ3n) is 6.19. The highest BCUT2D eigenvalue weighted by molar-refractivity contribution is 6.02. The predicted octanol–water partition coefficient (Wildman–Crippen LogP) is 4.22. The standard InChI is InChI=1S/C21H26O2/c22-19-10-20(23)14-21(13-19)11-17-7-6-16(9-18(17)12-21)8-15-4-2-1-3-5-15/h6-7,9,15H,1-5,8,10-14H2. The molecule has 0 unspecified atom stereocenters. The molecule has 1 aromatic rings. The molecule has 0 aliphatic heterocycles. The predicted molar refractivity (Wildman–Crippen MR) is 90.4 cm³/mol. The number of rotatable bonds is 2. The Morgan fingerprint density at radius 1 is 0.870 bits per heavy atom. The normalized spacial score (nSPS) is 24.2. The van der Waals surface area contributed by atoms with Crippen LogP contribution in [0.1, 0.15) is 68.1 Å². The number of benzene rings is 1. The van der Waals surface area contributed by atoms with Crippen LogP contribution in [0.2, 0.25) is 0 Å². The Labute approximate surface area is 138 Å². The van der Waals surface area contributed by atoms with Gasteiger partial charge in [0.05, 0.1) is 6.42 Å². The molecule has 0 saturated heterocycles. The van der Waals surface area contributed by atoms with Crippen LogP contribution in [0.4, 0.5) is 0 Å². The van der Waals surface area contributed by atoms with E-state index >= 15 is 0 Å². The Morgan fingerprint density at radius 2 is 1.57 bits per heavy atom. The first-order valence-electron chi connectivity index (χ1n) is 9.26. The Kier molecular flexibility index (Phi) is 3.87. The summed E-state index contributed by atoms with van der Waals surface area (Å²) in [6.07, 6.45) is 11.4. The van der Waals surface area contributed by atoms with Gasteiger partial charge in [-0.3, -0.25) is 9.59 Å². The SMILES string of the molecule is O=C1CC(=O)CC2(C1)Cc1ccc(CC3CCCCC3)cc1C2. The van der Waals surface area contributed by atoms with Crippen LogP contribution >= 0.6 is 0 Å². The summed E-state index contributed by atoms with van der Waals surface area (Å²) in [5.74, 6) is 1.16. The molecular weight excluding hydrogens is 284 g/mol. The van der Waals surface area contributed by atoms with Gasteiger partial charge < -0.3 is 0 Å². The zero-order chi connectivity index (χ0) is 15.9. The number of carbonyl (C=O) groups excluding carboxylic acids is 2. The number of Topliss-reactive ketones (excluding diaryl/α,β-unsaturated/α-hetero) is 2. The summed E-state index contributed by atoms with van der Waals surface area (Å²) in [6, 6.07) is 6.94. The average Bonchev–Trinajstić information content (AvgIpc) is 2.83. The van der Waals surface area contributed by atoms with Crippen molar-refractivity contribution in [2.45, 2.75) is 70.6 Å². The van der Waals surface area contributed by atoms with E-state index in [0.717, 1.165) is 18.8 Å². The molecule has 0 amide bonds. The van der Waals surface area contributed by atoms with Crippen molar-refractivity contribution < 1.29 is 9.59 Å². The van der Waals surface area contributed by atoms with Gasteiger partial charge in [-0.2, -0.15) is 0 Å². The van der Waals surface area contributed by atoms with Crippen LogP contribution in [-0.4, -0.2) is 11.6 Å². The minimum absolute atomic E-state index is 0.0851. The second-order valence-electron chi connectivity index (χ2n) is 8.27. The lowest BCUT2D eigenvalue weighted by Gasteiger charge is -2.31. The van der Waals surface area contributed by atoms with E-state index in [2.05, 4.69) is 18.2 Å². The average molecular weight is 310 g/mol. The van der Waals surface area contributed by atoms with E-state index in [1.54, 1.807) is 0 Å². The Morgan fingerprint density at radius 3 is 2.30 bits per heavy atom. The zero-order valence-electron chi connectivity index (χ0n) is 13.9. The van der Waals surface area contributed by atoms with Crippen LogP contribution < -0.4 is 0 Å². The summed E-state index contributed by atoms with van der Waals surface area (Å²) in [7, 11) is 0. The van der Waals surface area contributed by atoms with Crippen molar-refractivity contribution in [3.05, 3.63) is 34.9 Å². The monoisotopic (exact) mass is 310 g/mol. The summed E-state index contributed by atoms with van der Waals surface area (Å²) < 4.78 is 0. The Balaban J connectivity index is 1.50. The molecule has 3 aliphatic carbocycles. The number of fused-ring (bicyclic) bond motifs is 1. The molecule has 0 heterocycles.